The average Bonchev–Trinajstić information content (AvgIpc) is 2.36. The standard InChI is InChI=1S/C13H12BrClN2O2S/c1-8-6-10(15)13(7-11(8)16)20(18,19)17-12-5-3-2-4-9(12)14/h2-7,17H,16H2,1H3. The first-order valence-corrected chi connectivity index (χ1v) is 8.29. The maximum Gasteiger partial charge on any atom is 0.263 e. The fourth-order valence-corrected chi connectivity index (χ4v) is 3.83. The molecule has 0 aliphatic heterocycles. The predicted octanol–water partition coefficient (Wildman–Crippen LogP) is 3.79. The minimum atomic E-state index is -3.80. The Balaban J connectivity index is 2.47. The van der Waals surface area contributed by atoms with E-state index in [-0.39, 0.29) is 9.92 Å². The number of sulfonamides is 1. The molecular formula is C13H12BrClN2O2S. The molecule has 2 aromatic rings. The molecule has 0 heterocycles. The molecule has 0 atom stereocenters. The number of nitrogens with two attached hydrogens (primary N) is 1. The van der Waals surface area contributed by atoms with Crippen LogP contribution in [0, 0.1) is 6.92 Å². The molecule has 3 N–H and O–H groups in total. The Kier molecular flexibility index (Phi) is 4.27. The Labute approximate surface area is 131 Å². The number of nitrogen functional groups attached to an aromatic ring is 1. The van der Waals surface area contributed by atoms with E-state index in [9.17, 15) is 8.42 Å². The molecule has 20 heavy (non-hydrogen) atoms. The monoisotopic (exact) mass is 374 g/mol. The van der Waals surface area contributed by atoms with Crippen LogP contribution in [0.4, 0.5) is 11.4 Å². The zero-order valence-corrected chi connectivity index (χ0v) is 13.7. The molecule has 2 aromatic carbocycles. The van der Waals surface area contributed by atoms with Gasteiger partial charge in [0, 0.05) is 10.2 Å². The van der Waals surface area contributed by atoms with Crippen molar-refractivity contribution in [3.63, 3.8) is 0 Å². The summed E-state index contributed by atoms with van der Waals surface area (Å²) in [6.45, 7) is 1.76. The van der Waals surface area contributed by atoms with E-state index in [1.807, 2.05) is 0 Å². The number of hydrogen-bond donors (Lipinski definition) is 2. The number of halogens is 2. The maximum atomic E-state index is 12.4. The molecule has 0 aliphatic carbocycles. The van der Waals surface area contributed by atoms with Crippen molar-refractivity contribution >= 4 is 48.9 Å². The third-order valence-electron chi connectivity index (χ3n) is 2.73. The zero-order valence-electron chi connectivity index (χ0n) is 10.5. The van der Waals surface area contributed by atoms with Crippen LogP contribution in [0.2, 0.25) is 5.02 Å². The smallest absolute Gasteiger partial charge is 0.263 e. The van der Waals surface area contributed by atoms with Crippen LogP contribution < -0.4 is 10.5 Å². The van der Waals surface area contributed by atoms with Gasteiger partial charge >= 0.3 is 0 Å². The molecule has 7 heteroatoms. The molecule has 0 bridgehead atoms. The molecule has 0 aliphatic rings. The number of rotatable bonds is 3. The number of aryl methyl sites for hydroxylation is 1. The van der Waals surface area contributed by atoms with Crippen LogP contribution in [-0.4, -0.2) is 8.42 Å². The van der Waals surface area contributed by atoms with Crippen molar-refractivity contribution in [2.24, 2.45) is 0 Å². The van der Waals surface area contributed by atoms with E-state index in [0.29, 0.717) is 15.8 Å². The topological polar surface area (TPSA) is 72.2 Å². The van der Waals surface area contributed by atoms with Crippen molar-refractivity contribution in [1.82, 2.24) is 0 Å². The third-order valence-corrected chi connectivity index (χ3v) is 5.25. The SMILES string of the molecule is Cc1cc(Cl)c(S(=O)(=O)Nc2ccccc2Br)cc1N. The maximum absolute atomic E-state index is 12.4. The Hall–Kier alpha value is -1.24. The molecular weight excluding hydrogens is 364 g/mol. The van der Waals surface area contributed by atoms with Gasteiger partial charge in [-0.05, 0) is 52.7 Å². The third kappa shape index (κ3) is 3.08. The molecule has 0 aromatic heterocycles. The van der Waals surface area contributed by atoms with Crippen molar-refractivity contribution in [1.29, 1.82) is 0 Å². The van der Waals surface area contributed by atoms with Crippen LogP contribution >= 0.6 is 27.5 Å². The lowest BCUT2D eigenvalue weighted by atomic mass is 10.2. The van der Waals surface area contributed by atoms with Crippen molar-refractivity contribution in [3.05, 3.63) is 51.5 Å². The summed E-state index contributed by atoms with van der Waals surface area (Å²) in [4.78, 5) is -0.0435. The molecule has 0 amide bonds. The Bertz CT molecular complexity index is 763. The van der Waals surface area contributed by atoms with Gasteiger partial charge in [-0.2, -0.15) is 0 Å². The first-order valence-electron chi connectivity index (χ1n) is 5.64. The minimum absolute atomic E-state index is 0.0435. The lowest BCUT2D eigenvalue weighted by Gasteiger charge is -2.12. The summed E-state index contributed by atoms with van der Waals surface area (Å²) in [6, 6.07) is 9.80. The van der Waals surface area contributed by atoms with E-state index in [1.165, 1.54) is 12.1 Å². The van der Waals surface area contributed by atoms with Gasteiger partial charge in [0.2, 0.25) is 0 Å². The number of hydrogen-bond acceptors (Lipinski definition) is 3. The highest BCUT2D eigenvalue weighted by Crippen LogP contribution is 2.30. The Morgan fingerprint density at radius 3 is 2.55 bits per heavy atom. The molecule has 4 nitrogen and oxygen atoms in total. The molecule has 0 fully saturated rings. The highest BCUT2D eigenvalue weighted by molar-refractivity contribution is 9.10. The van der Waals surface area contributed by atoms with Gasteiger partial charge in [-0.3, -0.25) is 4.72 Å². The number of para-hydroxylation sites is 1. The van der Waals surface area contributed by atoms with Gasteiger partial charge in [-0.1, -0.05) is 23.7 Å². The van der Waals surface area contributed by atoms with Crippen LogP contribution in [0.5, 0.6) is 0 Å². The van der Waals surface area contributed by atoms with Gasteiger partial charge in [-0.15, -0.1) is 0 Å². The van der Waals surface area contributed by atoms with E-state index in [0.717, 1.165) is 5.56 Å². The van der Waals surface area contributed by atoms with E-state index in [2.05, 4.69) is 20.7 Å². The molecule has 0 saturated heterocycles. The Morgan fingerprint density at radius 2 is 1.90 bits per heavy atom. The zero-order chi connectivity index (χ0) is 14.9. The predicted molar refractivity (Wildman–Crippen MR) is 85.6 cm³/mol. The normalized spacial score (nSPS) is 11.3. The summed E-state index contributed by atoms with van der Waals surface area (Å²) in [5.74, 6) is 0. The van der Waals surface area contributed by atoms with Gasteiger partial charge in [0.1, 0.15) is 4.90 Å². The lowest BCUT2D eigenvalue weighted by molar-refractivity contribution is 0.601. The summed E-state index contributed by atoms with van der Waals surface area (Å²) in [7, 11) is -3.80. The lowest BCUT2D eigenvalue weighted by Crippen LogP contribution is -2.14. The number of anilines is 2. The van der Waals surface area contributed by atoms with Crippen molar-refractivity contribution in [3.8, 4) is 0 Å². The van der Waals surface area contributed by atoms with Crippen LogP contribution in [0.3, 0.4) is 0 Å². The molecule has 2 rings (SSSR count). The van der Waals surface area contributed by atoms with E-state index in [4.69, 9.17) is 17.3 Å². The summed E-state index contributed by atoms with van der Waals surface area (Å²) in [5.41, 5.74) is 7.29. The minimum Gasteiger partial charge on any atom is -0.398 e. The van der Waals surface area contributed by atoms with Crippen LogP contribution in [0.1, 0.15) is 5.56 Å². The van der Waals surface area contributed by atoms with E-state index < -0.39 is 10.0 Å². The number of nitrogens with one attached hydrogen (secondary N) is 1. The fourth-order valence-electron chi connectivity index (χ4n) is 1.62. The molecule has 0 saturated carbocycles. The highest BCUT2D eigenvalue weighted by Gasteiger charge is 2.20. The first kappa shape index (κ1) is 15.2. The second-order valence-electron chi connectivity index (χ2n) is 4.22. The summed E-state index contributed by atoms with van der Waals surface area (Å²) >= 11 is 9.29. The van der Waals surface area contributed by atoms with Crippen molar-refractivity contribution in [2.45, 2.75) is 11.8 Å². The van der Waals surface area contributed by atoms with Crippen LogP contribution in [0.15, 0.2) is 45.8 Å². The molecule has 106 valence electrons. The fraction of sp³-hybridized carbons (Fsp3) is 0.0769. The second kappa shape index (κ2) is 5.63. The van der Waals surface area contributed by atoms with Crippen molar-refractivity contribution in [2.75, 3.05) is 10.5 Å². The van der Waals surface area contributed by atoms with E-state index in [1.54, 1.807) is 31.2 Å². The van der Waals surface area contributed by atoms with Gasteiger partial charge in [0.15, 0.2) is 0 Å². The molecule has 0 unspecified atom stereocenters. The first-order chi connectivity index (χ1) is 9.31. The second-order valence-corrected chi connectivity index (χ2v) is 7.14. The number of benzene rings is 2. The largest absolute Gasteiger partial charge is 0.398 e. The van der Waals surface area contributed by atoms with Gasteiger partial charge in [0.25, 0.3) is 10.0 Å². The average molecular weight is 376 g/mol. The van der Waals surface area contributed by atoms with Crippen LogP contribution in [-0.2, 0) is 10.0 Å². The summed E-state index contributed by atoms with van der Waals surface area (Å²) < 4.78 is 27.8. The van der Waals surface area contributed by atoms with Gasteiger partial charge in [0.05, 0.1) is 10.7 Å². The van der Waals surface area contributed by atoms with E-state index >= 15 is 0 Å². The summed E-state index contributed by atoms with van der Waals surface area (Å²) in [6.07, 6.45) is 0. The summed E-state index contributed by atoms with van der Waals surface area (Å²) in [5, 5.41) is 0.135. The van der Waals surface area contributed by atoms with Crippen LogP contribution in [0.25, 0.3) is 0 Å². The molecule has 0 spiro atoms. The highest BCUT2D eigenvalue weighted by atomic mass is 79.9. The Morgan fingerprint density at radius 1 is 1.25 bits per heavy atom. The molecule has 0 radical (unpaired) electrons. The van der Waals surface area contributed by atoms with Gasteiger partial charge < -0.3 is 5.73 Å². The van der Waals surface area contributed by atoms with Gasteiger partial charge in [-0.25, -0.2) is 8.42 Å². The van der Waals surface area contributed by atoms with Crippen molar-refractivity contribution < 1.29 is 8.42 Å². The quantitative estimate of drug-likeness (QED) is 0.802.